The number of sulfonamides is 1. The van der Waals surface area contributed by atoms with E-state index < -0.39 is 16.0 Å². The Morgan fingerprint density at radius 3 is 2.52 bits per heavy atom. The van der Waals surface area contributed by atoms with E-state index in [1.165, 1.54) is 37.4 Å². The number of anilines is 1. The average Bonchev–Trinajstić information content (AvgIpc) is 2.46. The van der Waals surface area contributed by atoms with Gasteiger partial charge in [0.1, 0.15) is 0 Å². The van der Waals surface area contributed by atoms with Crippen molar-refractivity contribution in [3.05, 3.63) is 59.1 Å². The molecule has 0 aromatic heterocycles. The summed E-state index contributed by atoms with van der Waals surface area (Å²) in [6.07, 6.45) is 0. The predicted octanol–water partition coefficient (Wildman–Crippen LogP) is 2.93. The van der Waals surface area contributed by atoms with E-state index in [0.717, 1.165) is 0 Å². The fourth-order valence-electron chi connectivity index (χ4n) is 1.70. The van der Waals surface area contributed by atoms with E-state index in [1.54, 1.807) is 18.2 Å². The fraction of sp³-hybridized carbons (Fsp3) is 0.0714. The number of hydrogen-bond donors (Lipinski definition) is 1. The minimum absolute atomic E-state index is 0.00895. The number of carbonyl (C=O) groups is 1. The molecule has 2 aromatic rings. The van der Waals surface area contributed by atoms with Gasteiger partial charge in [-0.1, -0.05) is 29.8 Å². The molecule has 0 unspecified atom stereocenters. The molecule has 0 saturated heterocycles. The van der Waals surface area contributed by atoms with Gasteiger partial charge in [-0.15, -0.1) is 0 Å². The quantitative estimate of drug-likeness (QED) is 0.877. The van der Waals surface area contributed by atoms with Gasteiger partial charge in [-0.2, -0.15) is 0 Å². The monoisotopic (exact) mass is 325 g/mol. The molecule has 0 fully saturated rings. The zero-order valence-electron chi connectivity index (χ0n) is 11.0. The second kappa shape index (κ2) is 6.15. The predicted molar refractivity (Wildman–Crippen MR) is 80.0 cm³/mol. The highest BCUT2D eigenvalue weighted by Crippen LogP contribution is 2.22. The van der Waals surface area contributed by atoms with Crippen molar-refractivity contribution in [1.82, 2.24) is 0 Å². The van der Waals surface area contributed by atoms with Crippen molar-refractivity contribution >= 4 is 33.3 Å². The number of esters is 1. The molecule has 7 heteroatoms. The minimum Gasteiger partial charge on any atom is -0.465 e. The van der Waals surface area contributed by atoms with Gasteiger partial charge in [-0.05, 0) is 30.3 Å². The van der Waals surface area contributed by atoms with Gasteiger partial charge in [0, 0.05) is 5.02 Å². The molecule has 2 rings (SSSR count). The Balaban J connectivity index is 2.40. The molecule has 0 spiro atoms. The summed E-state index contributed by atoms with van der Waals surface area (Å²) in [6.45, 7) is 0. The Morgan fingerprint density at radius 1 is 1.14 bits per heavy atom. The van der Waals surface area contributed by atoms with Crippen molar-refractivity contribution in [1.29, 1.82) is 0 Å². The van der Waals surface area contributed by atoms with Gasteiger partial charge in [-0.25, -0.2) is 13.2 Å². The summed E-state index contributed by atoms with van der Waals surface area (Å²) >= 11 is 5.79. The van der Waals surface area contributed by atoms with Crippen LogP contribution in [0.1, 0.15) is 10.4 Å². The molecule has 0 saturated carbocycles. The van der Waals surface area contributed by atoms with Crippen molar-refractivity contribution < 1.29 is 17.9 Å². The van der Waals surface area contributed by atoms with Gasteiger partial charge >= 0.3 is 5.97 Å². The normalized spacial score (nSPS) is 11.0. The second-order valence-electron chi connectivity index (χ2n) is 4.10. The standard InChI is InChI=1S/C14H12ClNO4S/c1-20-14(17)12-7-2-3-8-13(12)16-21(18,19)11-6-4-5-10(15)9-11/h2-9,16H,1H3. The molecule has 0 aliphatic carbocycles. The molecule has 0 heterocycles. The summed E-state index contributed by atoms with van der Waals surface area (Å²) in [4.78, 5) is 11.6. The van der Waals surface area contributed by atoms with Crippen LogP contribution in [0.3, 0.4) is 0 Å². The van der Waals surface area contributed by atoms with Crippen molar-refractivity contribution in [2.45, 2.75) is 4.90 Å². The van der Waals surface area contributed by atoms with Gasteiger partial charge < -0.3 is 4.74 Å². The number of carbonyl (C=O) groups excluding carboxylic acids is 1. The lowest BCUT2D eigenvalue weighted by Gasteiger charge is -2.11. The van der Waals surface area contributed by atoms with Gasteiger partial charge in [0.2, 0.25) is 0 Å². The highest BCUT2D eigenvalue weighted by atomic mass is 35.5. The summed E-state index contributed by atoms with van der Waals surface area (Å²) in [5.74, 6) is -0.626. The molecule has 0 aliphatic rings. The number of ether oxygens (including phenoxy) is 1. The van der Waals surface area contributed by atoms with E-state index >= 15 is 0 Å². The van der Waals surface area contributed by atoms with Crippen LogP contribution < -0.4 is 4.72 Å². The minimum atomic E-state index is -3.84. The van der Waals surface area contributed by atoms with E-state index in [2.05, 4.69) is 9.46 Å². The number of methoxy groups -OCH3 is 1. The summed E-state index contributed by atoms with van der Waals surface area (Å²) in [7, 11) is -2.62. The topological polar surface area (TPSA) is 72.5 Å². The SMILES string of the molecule is COC(=O)c1ccccc1NS(=O)(=O)c1cccc(Cl)c1. The van der Waals surface area contributed by atoms with Crippen LogP contribution in [-0.4, -0.2) is 21.5 Å². The van der Waals surface area contributed by atoms with Crippen molar-refractivity contribution in [3.8, 4) is 0 Å². The lowest BCUT2D eigenvalue weighted by molar-refractivity contribution is 0.0602. The summed E-state index contributed by atoms with van der Waals surface area (Å²) < 4.78 is 31.6. The third-order valence-corrected chi connectivity index (χ3v) is 4.28. The zero-order chi connectivity index (χ0) is 15.5. The number of nitrogens with one attached hydrogen (secondary N) is 1. The lowest BCUT2D eigenvalue weighted by atomic mass is 10.2. The molecular weight excluding hydrogens is 314 g/mol. The van der Waals surface area contributed by atoms with Gasteiger partial charge in [-0.3, -0.25) is 4.72 Å². The van der Waals surface area contributed by atoms with E-state index in [1.807, 2.05) is 0 Å². The zero-order valence-corrected chi connectivity index (χ0v) is 12.6. The highest BCUT2D eigenvalue weighted by molar-refractivity contribution is 7.92. The Bertz CT molecular complexity index is 774. The first kappa shape index (κ1) is 15.3. The number of halogens is 1. The van der Waals surface area contributed by atoms with Gasteiger partial charge in [0.15, 0.2) is 0 Å². The lowest BCUT2D eigenvalue weighted by Crippen LogP contribution is -2.16. The first-order valence-electron chi connectivity index (χ1n) is 5.90. The van der Waals surface area contributed by atoms with Crippen LogP contribution >= 0.6 is 11.6 Å². The van der Waals surface area contributed by atoms with Crippen LogP contribution in [0.2, 0.25) is 5.02 Å². The molecule has 0 atom stereocenters. The van der Waals surface area contributed by atoms with Gasteiger partial charge in [0.05, 0.1) is 23.3 Å². The summed E-state index contributed by atoms with van der Waals surface area (Å²) in [5.41, 5.74) is 0.273. The second-order valence-corrected chi connectivity index (χ2v) is 6.22. The molecule has 5 nitrogen and oxygen atoms in total. The number of rotatable bonds is 4. The van der Waals surface area contributed by atoms with Crippen LogP contribution in [0.5, 0.6) is 0 Å². The molecule has 0 aliphatic heterocycles. The molecule has 110 valence electrons. The molecule has 21 heavy (non-hydrogen) atoms. The van der Waals surface area contributed by atoms with Crippen molar-refractivity contribution in [2.24, 2.45) is 0 Å². The average molecular weight is 326 g/mol. The maximum absolute atomic E-state index is 12.3. The maximum Gasteiger partial charge on any atom is 0.339 e. The van der Waals surface area contributed by atoms with Crippen LogP contribution in [-0.2, 0) is 14.8 Å². The van der Waals surface area contributed by atoms with Crippen molar-refractivity contribution in [2.75, 3.05) is 11.8 Å². The van der Waals surface area contributed by atoms with Crippen molar-refractivity contribution in [3.63, 3.8) is 0 Å². The molecule has 0 radical (unpaired) electrons. The first-order valence-corrected chi connectivity index (χ1v) is 7.76. The van der Waals surface area contributed by atoms with Crippen LogP contribution in [0.15, 0.2) is 53.4 Å². The molecule has 2 aromatic carbocycles. The van der Waals surface area contributed by atoms with E-state index in [9.17, 15) is 13.2 Å². The molecule has 1 N–H and O–H groups in total. The maximum atomic E-state index is 12.3. The molecule has 0 bridgehead atoms. The Morgan fingerprint density at radius 2 is 1.86 bits per heavy atom. The van der Waals surface area contributed by atoms with Gasteiger partial charge in [0.25, 0.3) is 10.0 Å². The molecular formula is C14H12ClNO4S. The van der Waals surface area contributed by atoms with Crippen LogP contribution in [0.4, 0.5) is 5.69 Å². The molecule has 0 amide bonds. The fourth-order valence-corrected chi connectivity index (χ4v) is 3.08. The van der Waals surface area contributed by atoms with Crippen LogP contribution in [0.25, 0.3) is 0 Å². The largest absolute Gasteiger partial charge is 0.465 e. The number of benzene rings is 2. The van der Waals surface area contributed by atoms with E-state index in [-0.39, 0.29) is 16.1 Å². The first-order chi connectivity index (χ1) is 9.94. The Hall–Kier alpha value is -2.05. The smallest absolute Gasteiger partial charge is 0.339 e. The van der Waals surface area contributed by atoms with E-state index in [4.69, 9.17) is 11.6 Å². The highest BCUT2D eigenvalue weighted by Gasteiger charge is 2.18. The third-order valence-electron chi connectivity index (χ3n) is 2.68. The number of para-hydroxylation sites is 1. The summed E-state index contributed by atoms with van der Waals surface area (Å²) in [5, 5.41) is 0.305. The van der Waals surface area contributed by atoms with Crippen LogP contribution in [0, 0.1) is 0 Å². The number of hydrogen-bond acceptors (Lipinski definition) is 4. The summed E-state index contributed by atoms with van der Waals surface area (Å²) in [6, 6.07) is 12.0. The Labute approximate surface area is 127 Å². The van der Waals surface area contributed by atoms with E-state index in [0.29, 0.717) is 5.02 Å². The third kappa shape index (κ3) is 3.53. The Kier molecular flexibility index (Phi) is 4.50.